The standard InChI is InChI=1S/C25H34N2O2S/c1-24-12-10-19-17(7-9-21-25(19,2)13-11-22(28)27(21)3)18(24)8-6-16(24)15-26-23(29)20-5-4-14-30-20/h4-5,11,13-14,16-19,21H,6-10,12,15H2,1-3H3,(H,26,29)/t16-,17+,18+,19+,21-,24-,25-/m1/s1. The molecule has 4 nitrogen and oxygen atoms in total. The van der Waals surface area contributed by atoms with Gasteiger partial charge in [-0.05, 0) is 85.1 Å². The number of rotatable bonds is 3. The second-order valence-corrected chi connectivity index (χ2v) is 11.6. The fourth-order valence-corrected chi connectivity index (χ4v) is 8.53. The normalized spacial score (nSPS) is 42.4. The quantitative estimate of drug-likeness (QED) is 0.759. The summed E-state index contributed by atoms with van der Waals surface area (Å²) in [6.07, 6.45) is 11.4. The Labute approximate surface area is 184 Å². The zero-order valence-corrected chi connectivity index (χ0v) is 19.2. The Hall–Kier alpha value is -1.62. The molecule has 4 aliphatic rings. The van der Waals surface area contributed by atoms with Gasteiger partial charge >= 0.3 is 0 Å². The van der Waals surface area contributed by atoms with Gasteiger partial charge in [0.15, 0.2) is 0 Å². The Morgan fingerprint density at radius 2 is 2.03 bits per heavy atom. The zero-order chi connectivity index (χ0) is 21.1. The van der Waals surface area contributed by atoms with Crippen molar-refractivity contribution < 1.29 is 9.59 Å². The van der Waals surface area contributed by atoms with Gasteiger partial charge in [-0.2, -0.15) is 0 Å². The van der Waals surface area contributed by atoms with E-state index < -0.39 is 0 Å². The molecule has 0 bridgehead atoms. The minimum atomic E-state index is 0.0822. The van der Waals surface area contributed by atoms with Crippen LogP contribution in [0.25, 0.3) is 0 Å². The first kappa shape index (κ1) is 20.3. The van der Waals surface area contributed by atoms with E-state index in [4.69, 9.17) is 0 Å². The van der Waals surface area contributed by atoms with E-state index in [0.29, 0.717) is 23.3 Å². The van der Waals surface area contributed by atoms with Crippen molar-refractivity contribution >= 4 is 23.2 Å². The number of nitrogens with zero attached hydrogens (tertiary/aromatic N) is 1. The van der Waals surface area contributed by atoms with Crippen LogP contribution in [0.2, 0.25) is 0 Å². The van der Waals surface area contributed by atoms with E-state index in [0.717, 1.165) is 29.7 Å². The Morgan fingerprint density at radius 1 is 1.20 bits per heavy atom. The third-order valence-corrected chi connectivity index (χ3v) is 10.4. The molecule has 1 aromatic heterocycles. The number of likely N-dealkylation sites (N-methyl/N-ethyl adjacent to an activating group) is 1. The van der Waals surface area contributed by atoms with Crippen LogP contribution in [-0.2, 0) is 4.79 Å². The Kier molecular flexibility index (Phi) is 4.88. The minimum Gasteiger partial charge on any atom is -0.351 e. The number of amides is 2. The molecule has 7 atom stereocenters. The summed E-state index contributed by atoms with van der Waals surface area (Å²) < 4.78 is 0. The maximum Gasteiger partial charge on any atom is 0.261 e. The fraction of sp³-hybridized carbons (Fsp3) is 0.680. The number of carbonyl (C=O) groups is 2. The van der Waals surface area contributed by atoms with E-state index in [1.807, 2.05) is 35.5 Å². The molecule has 0 saturated heterocycles. The summed E-state index contributed by atoms with van der Waals surface area (Å²) in [6.45, 7) is 5.71. The molecule has 0 unspecified atom stereocenters. The average Bonchev–Trinajstić information content (AvgIpc) is 3.37. The van der Waals surface area contributed by atoms with E-state index >= 15 is 0 Å². The fourth-order valence-electron chi connectivity index (χ4n) is 7.89. The second kappa shape index (κ2) is 7.22. The third-order valence-electron chi connectivity index (χ3n) is 9.58. The van der Waals surface area contributed by atoms with Gasteiger partial charge in [0.05, 0.1) is 4.88 Å². The van der Waals surface area contributed by atoms with Crippen LogP contribution >= 0.6 is 11.3 Å². The third kappa shape index (κ3) is 2.91. The number of hydrogen-bond donors (Lipinski definition) is 1. The van der Waals surface area contributed by atoms with Gasteiger partial charge in [0.25, 0.3) is 5.91 Å². The minimum absolute atomic E-state index is 0.0822. The first-order chi connectivity index (χ1) is 14.3. The number of nitrogens with one attached hydrogen (secondary N) is 1. The molecule has 3 saturated carbocycles. The summed E-state index contributed by atoms with van der Waals surface area (Å²) >= 11 is 1.51. The van der Waals surface area contributed by atoms with Gasteiger partial charge in [-0.1, -0.05) is 26.0 Å². The van der Waals surface area contributed by atoms with E-state index in [9.17, 15) is 9.59 Å². The van der Waals surface area contributed by atoms with Gasteiger partial charge in [0.2, 0.25) is 5.91 Å². The summed E-state index contributed by atoms with van der Waals surface area (Å²) in [5.41, 5.74) is 0.436. The lowest BCUT2D eigenvalue weighted by Crippen LogP contribution is -2.59. The summed E-state index contributed by atoms with van der Waals surface area (Å²) in [4.78, 5) is 27.5. The first-order valence-electron chi connectivity index (χ1n) is 11.6. The molecular formula is C25H34N2O2S. The highest BCUT2D eigenvalue weighted by Crippen LogP contribution is 2.65. The van der Waals surface area contributed by atoms with Crippen LogP contribution in [0.3, 0.4) is 0 Å². The molecule has 0 aromatic carbocycles. The SMILES string of the molecule is CN1C(=O)C=C[C@]2(C)[C@H]3CC[C@]4(C)[C@@H](CNC(=O)c5cccs5)CC[C@H]4[C@@H]3CC[C@@H]12. The predicted molar refractivity (Wildman–Crippen MR) is 120 cm³/mol. The second-order valence-electron chi connectivity index (χ2n) is 10.6. The largest absolute Gasteiger partial charge is 0.351 e. The smallest absolute Gasteiger partial charge is 0.261 e. The van der Waals surface area contributed by atoms with Crippen LogP contribution in [0.5, 0.6) is 0 Å². The molecule has 0 spiro atoms. The maximum absolute atomic E-state index is 12.5. The van der Waals surface area contributed by atoms with Crippen LogP contribution in [0.4, 0.5) is 0 Å². The summed E-state index contributed by atoms with van der Waals surface area (Å²) in [5.74, 6) is 2.98. The number of fused-ring (bicyclic) bond motifs is 5. The molecule has 2 heterocycles. The molecule has 2 amide bonds. The zero-order valence-electron chi connectivity index (χ0n) is 18.4. The average molecular weight is 427 g/mol. The van der Waals surface area contributed by atoms with Crippen molar-refractivity contribution in [2.24, 2.45) is 34.5 Å². The lowest BCUT2D eigenvalue weighted by atomic mass is 9.47. The molecule has 0 radical (unpaired) electrons. The van der Waals surface area contributed by atoms with Crippen LogP contribution in [-0.4, -0.2) is 36.3 Å². The molecule has 5 rings (SSSR count). The van der Waals surface area contributed by atoms with Crippen LogP contribution in [0.1, 0.15) is 62.0 Å². The summed E-state index contributed by atoms with van der Waals surface area (Å²) in [5, 5.41) is 5.20. The Bertz CT molecular complexity index is 865. The van der Waals surface area contributed by atoms with Gasteiger partial charge in [0.1, 0.15) is 0 Å². The van der Waals surface area contributed by atoms with E-state index in [-0.39, 0.29) is 17.2 Å². The summed E-state index contributed by atoms with van der Waals surface area (Å²) in [7, 11) is 1.99. The summed E-state index contributed by atoms with van der Waals surface area (Å²) in [6, 6.07) is 4.20. The topological polar surface area (TPSA) is 49.4 Å². The van der Waals surface area contributed by atoms with Gasteiger partial charge < -0.3 is 10.2 Å². The molecule has 162 valence electrons. The van der Waals surface area contributed by atoms with Crippen LogP contribution < -0.4 is 5.32 Å². The molecule has 30 heavy (non-hydrogen) atoms. The molecule has 1 aliphatic heterocycles. The predicted octanol–water partition coefficient (Wildman–Crippen LogP) is 4.73. The highest BCUT2D eigenvalue weighted by Gasteiger charge is 2.60. The molecule has 5 heteroatoms. The molecular weight excluding hydrogens is 392 g/mol. The molecule has 1 N–H and O–H groups in total. The Balaban J connectivity index is 1.32. The lowest BCUT2D eigenvalue weighted by molar-refractivity contribution is -0.138. The van der Waals surface area contributed by atoms with Crippen molar-refractivity contribution in [3.8, 4) is 0 Å². The van der Waals surface area contributed by atoms with Crippen molar-refractivity contribution in [3.63, 3.8) is 0 Å². The van der Waals surface area contributed by atoms with Crippen molar-refractivity contribution in [1.29, 1.82) is 0 Å². The maximum atomic E-state index is 12.5. The van der Waals surface area contributed by atoms with Crippen molar-refractivity contribution in [2.75, 3.05) is 13.6 Å². The van der Waals surface area contributed by atoms with Crippen molar-refractivity contribution in [1.82, 2.24) is 10.2 Å². The van der Waals surface area contributed by atoms with Crippen LogP contribution in [0, 0.1) is 34.5 Å². The highest BCUT2D eigenvalue weighted by molar-refractivity contribution is 7.12. The van der Waals surface area contributed by atoms with Crippen molar-refractivity contribution in [2.45, 2.75) is 58.4 Å². The molecule has 1 aromatic rings. The lowest BCUT2D eigenvalue weighted by Gasteiger charge is -2.60. The number of hydrogen-bond acceptors (Lipinski definition) is 3. The first-order valence-corrected chi connectivity index (χ1v) is 12.5. The number of thiophene rings is 1. The van der Waals surface area contributed by atoms with Gasteiger partial charge in [0, 0.05) is 25.0 Å². The highest BCUT2D eigenvalue weighted by atomic mass is 32.1. The van der Waals surface area contributed by atoms with Gasteiger partial charge in [-0.25, -0.2) is 0 Å². The number of carbonyl (C=O) groups excluding carboxylic acids is 2. The monoisotopic (exact) mass is 426 g/mol. The van der Waals surface area contributed by atoms with Gasteiger partial charge in [-0.3, -0.25) is 9.59 Å². The molecule has 3 aliphatic carbocycles. The van der Waals surface area contributed by atoms with E-state index in [2.05, 4.69) is 25.2 Å². The van der Waals surface area contributed by atoms with E-state index in [1.165, 1.54) is 43.4 Å². The van der Waals surface area contributed by atoms with E-state index in [1.54, 1.807) is 0 Å². The Morgan fingerprint density at radius 3 is 2.80 bits per heavy atom. The molecule has 3 fully saturated rings. The van der Waals surface area contributed by atoms with Gasteiger partial charge in [-0.15, -0.1) is 11.3 Å². The van der Waals surface area contributed by atoms with Crippen molar-refractivity contribution in [3.05, 3.63) is 34.5 Å². The van der Waals surface area contributed by atoms with Crippen LogP contribution in [0.15, 0.2) is 29.7 Å².